The molecular formula is C21H23NO4. The van der Waals surface area contributed by atoms with E-state index in [-0.39, 0.29) is 12.3 Å². The van der Waals surface area contributed by atoms with Crippen LogP contribution in [0.25, 0.3) is 0 Å². The van der Waals surface area contributed by atoms with Gasteiger partial charge in [-0.15, -0.1) is 0 Å². The molecule has 1 amide bonds. The molecule has 1 aliphatic rings. The molecule has 0 saturated heterocycles. The van der Waals surface area contributed by atoms with Crippen molar-refractivity contribution < 1.29 is 19.4 Å². The van der Waals surface area contributed by atoms with Crippen molar-refractivity contribution in [2.75, 3.05) is 12.4 Å². The lowest BCUT2D eigenvalue weighted by Gasteiger charge is -2.28. The number of aliphatic carboxylic acids is 1. The average Bonchev–Trinajstić information content (AvgIpc) is 3.13. The highest BCUT2D eigenvalue weighted by Gasteiger charge is 2.42. The number of benzene rings is 2. The smallest absolute Gasteiger partial charge is 0.307 e. The molecule has 0 unspecified atom stereocenters. The van der Waals surface area contributed by atoms with E-state index in [1.165, 1.54) is 0 Å². The van der Waals surface area contributed by atoms with Crippen LogP contribution in [0.3, 0.4) is 0 Å². The van der Waals surface area contributed by atoms with Gasteiger partial charge >= 0.3 is 5.97 Å². The van der Waals surface area contributed by atoms with Crippen LogP contribution >= 0.6 is 0 Å². The van der Waals surface area contributed by atoms with Gasteiger partial charge in [0.1, 0.15) is 5.75 Å². The number of methoxy groups -OCH3 is 1. The fourth-order valence-corrected chi connectivity index (χ4v) is 3.72. The molecule has 26 heavy (non-hydrogen) atoms. The van der Waals surface area contributed by atoms with Crippen molar-refractivity contribution in [2.24, 2.45) is 0 Å². The van der Waals surface area contributed by atoms with E-state index in [9.17, 15) is 9.59 Å². The molecule has 0 atom stereocenters. The zero-order valence-corrected chi connectivity index (χ0v) is 14.8. The number of carboxylic acid groups (broad SMARTS) is 1. The maximum atomic E-state index is 13.2. The van der Waals surface area contributed by atoms with Crippen molar-refractivity contribution in [3.63, 3.8) is 0 Å². The first kappa shape index (κ1) is 18.0. The SMILES string of the molecule is COc1ccc(C2(C(=O)Nc3cccc(CC(=O)O)c3)CCCC2)cc1. The molecule has 2 aromatic carbocycles. The van der Waals surface area contributed by atoms with E-state index in [0.29, 0.717) is 11.3 Å². The Morgan fingerprint density at radius 3 is 2.42 bits per heavy atom. The molecule has 0 bridgehead atoms. The van der Waals surface area contributed by atoms with Crippen molar-refractivity contribution >= 4 is 17.6 Å². The predicted molar refractivity (Wildman–Crippen MR) is 99.6 cm³/mol. The predicted octanol–water partition coefficient (Wildman–Crippen LogP) is 3.77. The number of amides is 1. The fraction of sp³-hybridized carbons (Fsp3) is 0.333. The standard InChI is InChI=1S/C21H23NO4/c1-26-18-9-7-16(8-10-18)21(11-2-3-12-21)20(25)22-17-6-4-5-15(13-17)14-19(23)24/h4-10,13H,2-3,11-12,14H2,1H3,(H,22,25)(H,23,24). The van der Waals surface area contributed by atoms with Crippen molar-refractivity contribution in [3.8, 4) is 5.75 Å². The largest absolute Gasteiger partial charge is 0.497 e. The van der Waals surface area contributed by atoms with Crippen LogP contribution in [0.15, 0.2) is 48.5 Å². The van der Waals surface area contributed by atoms with Crippen molar-refractivity contribution in [3.05, 3.63) is 59.7 Å². The van der Waals surface area contributed by atoms with Gasteiger partial charge in [0.15, 0.2) is 0 Å². The Hall–Kier alpha value is -2.82. The van der Waals surface area contributed by atoms with Gasteiger partial charge in [-0.3, -0.25) is 9.59 Å². The second-order valence-electron chi connectivity index (χ2n) is 6.74. The highest BCUT2D eigenvalue weighted by atomic mass is 16.5. The molecule has 2 N–H and O–H groups in total. The van der Waals surface area contributed by atoms with Gasteiger partial charge in [-0.2, -0.15) is 0 Å². The Labute approximate surface area is 153 Å². The van der Waals surface area contributed by atoms with Crippen molar-refractivity contribution in [1.82, 2.24) is 0 Å². The first-order valence-electron chi connectivity index (χ1n) is 8.80. The number of hydrogen-bond donors (Lipinski definition) is 2. The van der Waals surface area contributed by atoms with E-state index in [1.54, 1.807) is 31.4 Å². The summed E-state index contributed by atoms with van der Waals surface area (Å²) in [5, 5.41) is 11.9. The molecule has 3 rings (SSSR count). The van der Waals surface area contributed by atoms with Crippen LogP contribution in [0.5, 0.6) is 5.75 Å². The molecule has 0 spiro atoms. The highest BCUT2D eigenvalue weighted by Crippen LogP contribution is 2.42. The van der Waals surface area contributed by atoms with Crippen LogP contribution in [0.2, 0.25) is 0 Å². The maximum absolute atomic E-state index is 13.2. The average molecular weight is 353 g/mol. The van der Waals surface area contributed by atoms with Crippen molar-refractivity contribution in [2.45, 2.75) is 37.5 Å². The molecule has 1 saturated carbocycles. The molecule has 1 fully saturated rings. The van der Waals surface area contributed by atoms with E-state index in [4.69, 9.17) is 9.84 Å². The van der Waals surface area contributed by atoms with Gasteiger partial charge < -0.3 is 15.2 Å². The van der Waals surface area contributed by atoms with Gasteiger partial charge in [0.25, 0.3) is 0 Å². The lowest BCUT2D eigenvalue weighted by molar-refractivity contribution is -0.136. The van der Waals surface area contributed by atoms with Gasteiger partial charge in [-0.25, -0.2) is 0 Å². The Kier molecular flexibility index (Phi) is 5.26. The van der Waals surface area contributed by atoms with Gasteiger partial charge in [-0.1, -0.05) is 37.1 Å². The topological polar surface area (TPSA) is 75.6 Å². The minimum Gasteiger partial charge on any atom is -0.497 e. The van der Waals surface area contributed by atoms with E-state index in [2.05, 4.69) is 5.32 Å². The minimum absolute atomic E-state index is 0.0346. The van der Waals surface area contributed by atoms with Gasteiger partial charge in [0.2, 0.25) is 5.91 Å². The van der Waals surface area contributed by atoms with E-state index in [1.807, 2.05) is 24.3 Å². The van der Waals surface area contributed by atoms with Gasteiger partial charge in [0.05, 0.1) is 18.9 Å². The minimum atomic E-state index is -0.890. The molecule has 2 aromatic rings. The fourth-order valence-electron chi connectivity index (χ4n) is 3.72. The van der Waals surface area contributed by atoms with Crippen LogP contribution in [-0.2, 0) is 21.4 Å². The number of nitrogens with one attached hydrogen (secondary N) is 1. The number of carbonyl (C=O) groups is 2. The molecule has 0 heterocycles. The van der Waals surface area contributed by atoms with Crippen LogP contribution in [-0.4, -0.2) is 24.1 Å². The lowest BCUT2D eigenvalue weighted by Crippen LogP contribution is -2.38. The summed E-state index contributed by atoms with van der Waals surface area (Å²) in [7, 11) is 1.62. The number of rotatable bonds is 6. The number of carbonyl (C=O) groups excluding carboxylic acids is 1. The zero-order chi connectivity index (χ0) is 18.6. The molecule has 0 aliphatic heterocycles. The summed E-state index contributed by atoms with van der Waals surface area (Å²) in [6, 6.07) is 14.7. The summed E-state index contributed by atoms with van der Waals surface area (Å²) in [4.78, 5) is 24.1. The first-order chi connectivity index (χ1) is 12.5. The Morgan fingerprint density at radius 2 is 1.81 bits per heavy atom. The third kappa shape index (κ3) is 3.72. The molecule has 136 valence electrons. The Balaban J connectivity index is 1.84. The Morgan fingerprint density at radius 1 is 1.12 bits per heavy atom. The normalized spacial score (nSPS) is 15.4. The summed E-state index contributed by atoms with van der Waals surface area (Å²) >= 11 is 0. The number of hydrogen-bond acceptors (Lipinski definition) is 3. The second kappa shape index (κ2) is 7.60. The molecule has 0 radical (unpaired) electrons. The van der Waals surface area contributed by atoms with Crippen LogP contribution < -0.4 is 10.1 Å². The number of anilines is 1. The Bertz CT molecular complexity index is 792. The lowest BCUT2D eigenvalue weighted by atomic mass is 9.78. The summed E-state index contributed by atoms with van der Waals surface area (Å²) in [5.41, 5.74) is 1.75. The van der Waals surface area contributed by atoms with Crippen molar-refractivity contribution in [1.29, 1.82) is 0 Å². The third-order valence-electron chi connectivity index (χ3n) is 5.07. The molecule has 0 aromatic heterocycles. The van der Waals surface area contributed by atoms with Crippen LogP contribution in [0, 0.1) is 0 Å². The number of ether oxygens (including phenoxy) is 1. The zero-order valence-electron chi connectivity index (χ0n) is 14.8. The third-order valence-corrected chi connectivity index (χ3v) is 5.07. The summed E-state index contributed by atoms with van der Waals surface area (Å²) in [6.45, 7) is 0. The van der Waals surface area contributed by atoms with E-state index in [0.717, 1.165) is 37.0 Å². The maximum Gasteiger partial charge on any atom is 0.307 e. The van der Waals surface area contributed by atoms with E-state index < -0.39 is 11.4 Å². The first-order valence-corrected chi connectivity index (χ1v) is 8.80. The highest BCUT2D eigenvalue weighted by molar-refractivity contribution is 5.99. The second-order valence-corrected chi connectivity index (χ2v) is 6.74. The monoisotopic (exact) mass is 353 g/mol. The van der Waals surface area contributed by atoms with Crippen LogP contribution in [0.1, 0.15) is 36.8 Å². The number of carboxylic acids is 1. The molecule has 5 heteroatoms. The molecule has 5 nitrogen and oxygen atoms in total. The summed E-state index contributed by atoms with van der Waals surface area (Å²) < 4.78 is 5.22. The van der Waals surface area contributed by atoms with E-state index >= 15 is 0 Å². The molecular weight excluding hydrogens is 330 g/mol. The van der Waals surface area contributed by atoms with Crippen LogP contribution in [0.4, 0.5) is 5.69 Å². The summed E-state index contributed by atoms with van der Waals surface area (Å²) in [6.07, 6.45) is 3.57. The summed E-state index contributed by atoms with van der Waals surface area (Å²) in [5.74, 6) is -0.157. The quantitative estimate of drug-likeness (QED) is 0.829. The molecule has 1 aliphatic carbocycles. The van der Waals surface area contributed by atoms with Gasteiger partial charge in [0, 0.05) is 5.69 Å². The van der Waals surface area contributed by atoms with Gasteiger partial charge in [-0.05, 0) is 48.2 Å².